The summed E-state index contributed by atoms with van der Waals surface area (Å²) in [7, 11) is -2.32. The molecule has 0 aliphatic carbocycles. The molecule has 1 aliphatic rings. The number of amides is 1. The lowest BCUT2D eigenvalue weighted by Gasteiger charge is -2.28. The maximum atomic E-state index is 12.7. The summed E-state index contributed by atoms with van der Waals surface area (Å²) in [5.41, 5.74) is 2.78. The smallest absolute Gasteiger partial charge is 0.261 e. The number of hydrogen-bond acceptors (Lipinski definition) is 5. The lowest BCUT2D eigenvalue weighted by atomic mass is 10.00. The zero-order chi connectivity index (χ0) is 23.4. The highest BCUT2D eigenvalue weighted by molar-refractivity contribution is 7.92. The quantitative estimate of drug-likeness (QED) is 0.543. The Bertz CT molecular complexity index is 1260. The number of hydrogen-bond donors (Lipinski definition) is 1. The molecule has 0 aromatic heterocycles. The van der Waals surface area contributed by atoms with Crippen LogP contribution in [-0.4, -0.2) is 39.5 Å². The van der Waals surface area contributed by atoms with Gasteiger partial charge in [0.05, 0.1) is 17.0 Å². The minimum Gasteiger partial charge on any atom is -0.497 e. The Morgan fingerprint density at radius 2 is 1.79 bits per heavy atom. The van der Waals surface area contributed by atoms with Gasteiger partial charge in [0.1, 0.15) is 11.5 Å². The Morgan fingerprint density at radius 3 is 2.48 bits per heavy atom. The number of sulfonamides is 1. The van der Waals surface area contributed by atoms with Gasteiger partial charge in [0.2, 0.25) is 0 Å². The van der Waals surface area contributed by atoms with Gasteiger partial charge >= 0.3 is 0 Å². The second-order valence-electron chi connectivity index (χ2n) is 7.55. The van der Waals surface area contributed by atoms with Crippen LogP contribution in [0, 0.1) is 0 Å². The summed E-state index contributed by atoms with van der Waals surface area (Å²) in [6.07, 6.45) is 0.802. The molecule has 1 N–H and O–H groups in total. The predicted octanol–water partition coefficient (Wildman–Crippen LogP) is 4.11. The number of carbonyl (C=O) groups excluding carboxylic acids is 1. The van der Waals surface area contributed by atoms with E-state index in [1.54, 1.807) is 29.2 Å². The van der Waals surface area contributed by atoms with Crippen molar-refractivity contribution in [2.75, 3.05) is 25.0 Å². The predicted molar refractivity (Wildman–Crippen MR) is 126 cm³/mol. The van der Waals surface area contributed by atoms with Crippen molar-refractivity contribution in [3.05, 3.63) is 82.9 Å². The van der Waals surface area contributed by atoms with Crippen molar-refractivity contribution in [2.45, 2.75) is 17.9 Å². The number of fused-ring (bicyclic) bond motifs is 1. The van der Waals surface area contributed by atoms with Gasteiger partial charge in [-0.3, -0.25) is 9.52 Å². The first-order valence-corrected chi connectivity index (χ1v) is 12.2. The van der Waals surface area contributed by atoms with Crippen LogP contribution in [0.15, 0.2) is 71.6 Å². The molecule has 0 saturated heterocycles. The number of nitrogens with zero attached hydrogens (tertiary/aromatic N) is 1. The topological polar surface area (TPSA) is 84.9 Å². The second kappa shape index (κ2) is 9.72. The third-order valence-corrected chi connectivity index (χ3v) is 7.06. The summed E-state index contributed by atoms with van der Waals surface area (Å²) in [5, 5.41) is 0.101. The average molecular weight is 487 g/mol. The summed E-state index contributed by atoms with van der Waals surface area (Å²) in [4.78, 5) is 14.3. The molecule has 7 nitrogen and oxygen atoms in total. The van der Waals surface area contributed by atoms with E-state index in [2.05, 4.69) is 10.8 Å². The lowest BCUT2D eigenvalue weighted by molar-refractivity contribution is -0.134. The van der Waals surface area contributed by atoms with Crippen LogP contribution in [0.1, 0.15) is 11.1 Å². The normalized spacial score (nSPS) is 13.2. The second-order valence-corrected chi connectivity index (χ2v) is 9.64. The maximum absolute atomic E-state index is 12.7. The molecule has 0 unspecified atom stereocenters. The molecule has 4 rings (SSSR count). The zero-order valence-electron chi connectivity index (χ0n) is 18.0. The van der Waals surface area contributed by atoms with Crippen molar-refractivity contribution in [2.24, 2.45) is 0 Å². The van der Waals surface area contributed by atoms with Crippen LogP contribution in [0.25, 0.3) is 0 Å². The molecular formula is C24H23ClN2O5S. The van der Waals surface area contributed by atoms with E-state index in [1.165, 1.54) is 30.9 Å². The van der Waals surface area contributed by atoms with E-state index in [1.807, 2.05) is 18.2 Å². The first-order chi connectivity index (χ1) is 15.9. The molecule has 0 atom stereocenters. The molecule has 3 aromatic rings. The van der Waals surface area contributed by atoms with E-state index in [4.69, 9.17) is 21.1 Å². The molecule has 33 heavy (non-hydrogen) atoms. The van der Waals surface area contributed by atoms with Gasteiger partial charge in [-0.1, -0.05) is 35.9 Å². The summed E-state index contributed by atoms with van der Waals surface area (Å²) < 4.78 is 38.5. The number of halogens is 1. The van der Waals surface area contributed by atoms with Gasteiger partial charge < -0.3 is 14.4 Å². The summed E-state index contributed by atoms with van der Waals surface area (Å²) in [5.74, 6) is 0.704. The zero-order valence-corrected chi connectivity index (χ0v) is 19.5. The van der Waals surface area contributed by atoms with Crippen molar-refractivity contribution in [1.82, 2.24) is 4.90 Å². The van der Waals surface area contributed by atoms with E-state index >= 15 is 0 Å². The third-order valence-electron chi connectivity index (χ3n) is 5.39. The van der Waals surface area contributed by atoms with E-state index in [9.17, 15) is 13.2 Å². The number of ether oxygens (including phenoxy) is 2. The number of anilines is 1. The van der Waals surface area contributed by atoms with Gasteiger partial charge in [0.15, 0.2) is 6.61 Å². The SMILES string of the molecule is COc1ccc(NS(=O)(=O)c2ccc(OCC(=O)N3CCc4ccccc4C3)c(Cl)c2)cc1. The highest BCUT2D eigenvalue weighted by atomic mass is 35.5. The highest BCUT2D eigenvalue weighted by Crippen LogP contribution is 2.29. The Hall–Kier alpha value is -3.23. The maximum Gasteiger partial charge on any atom is 0.261 e. The van der Waals surface area contributed by atoms with E-state index < -0.39 is 10.0 Å². The molecular weight excluding hydrogens is 464 g/mol. The summed E-state index contributed by atoms with van der Waals surface area (Å²) in [6.45, 7) is 0.986. The molecule has 0 radical (unpaired) electrons. The van der Waals surface area contributed by atoms with Crippen LogP contribution in [0.5, 0.6) is 11.5 Å². The monoisotopic (exact) mass is 486 g/mol. The molecule has 1 amide bonds. The van der Waals surface area contributed by atoms with E-state index in [-0.39, 0.29) is 28.2 Å². The highest BCUT2D eigenvalue weighted by Gasteiger charge is 2.22. The molecule has 3 aromatic carbocycles. The van der Waals surface area contributed by atoms with Gasteiger partial charge in [-0.25, -0.2) is 8.42 Å². The molecule has 172 valence electrons. The van der Waals surface area contributed by atoms with Gasteiger partial charge in [0.25, 0.3) is 15.9 Å². The average Bonchev–Trinajstić information content (AvgIpc) is 2.83. The largest absolute Gasteiger partial charge is 0.497 e. The fraction of sp³-hybridized carbons (Fsp3) is 0.208. The Balaban J connectivity index is 1.38. The van der Waals surface area contributed by atoms with Crippen LogP contribution >= 0.6 is 11.6 Å². The number of methoxy groups -OCH3 is 1. The van der Waals surface area contributed by atoms with Crippen molar-refractivity contribution in [1.29, 1.82) is 0 Å². The van der Waals surface area contributed by atoms with Crippen LogP contribution in [0.2, 0.25) is 5.02 Å². The van der Waals surface area contributed by atoms with E-state index in [0.717, 1.165) is 12.0 Å². The minimum atomic E-state index is -3.85. The van der Waals surface area contributed by atoms with Gasteiger partial charge in [0, 0.05) is 18.8 Å². The van der Waals surface area contributed by atoms with Crippen LogP contribution in [-0.2, 0) is 27.8 Å². The number of nitrogens with one attached hydrogen (secondary N) is 1. The molecule has 0 bridgehead atoms. The van der Waals surface area contributed by atoms with Crippen LogP contribution < -0.4 is 14.2 Å². The molecule has 0 fully saturated rings. The Labute approximate surface area is 197 Å². The van der Waals surface area contributed by atoms with Crippen LogP contribution in [0.3, 0.4) is 0 Å². The molecule has 1 aliphatic heterocycles. The van der Waals surface area contributed by atoms with Gasteiger partial charge in [-0.05, 0) is 60.0 Å². The third kappa shape index (κ3) is 5.40. The first-order valence-electron chi connectivity index (χ1n) is 10.3. The van der Waals surface area contributed by atoms with E-state index in [0.29, 0.717) is 24.5 Å². The van der Waals surface area contributed by atoms with Gasteiger partial charge in [-0.15, -0.1) is 0 Å². The number of carbonyl (C=O) groups is 1. The fourth-order valence-electron chi connectivity index (χ4n) is 3.58. The standard InChI is InChI=1S/C24H23ClN2O5S/c1-31-20-8-6-19(7-9-20)26-33(29,30)21-10-11-23(22(25)14-21)32-16-24(28)27-13-12-17-4-2-3-5-18(17)15-27/h2-11,14,26H,12-13,15-16H2,1H3. The molecule has 9 heteroatoms. The summed E-state index contributed by atoms with van der Waals surface area (Å²) in [6, 6.07) is 18.7. The number of rotatable bonds is 7. The fourth-order valence-corrected chi connectivity index (χ4v) is 4.96. The van der Waals surface area contributed by atoms with Crippen LogP contribution in [0.4, 0.5) is 5.69 Å². The number of benzene rings is 3. The van der Waals surface area contributed by atoms with Gasteiger partial charge in [-0.2, -0.15) is 0 Å². The molecule has 1 heterocycles. The Morgan fingerprint density at radius 1 is 1.06 bits per heavy atom. The molecule has 0 saturated carbocycles. The Kier molecular flexibility index (Phi) is 6.76. The summed E-state index contributed by atoms with van der Waals surface area (Å²) >= 11 is 6.26. The first kappa shape index (κ1) is 22.9. The van der Waals surface area contributed by atoms with Crippen molar-refractivity contribution in [3.8, 4) is 11.5 Å². The van der Waals surface area contributed by atoms with Crippen molar-refractivity contribution < 1.29 is 22.7 Å². The minimum absolute atomic E-state index is 0.0189. The van der Waals surface area contributed by atoms with Crippen molar-refractivity contribution >= 4 is 33.2 Å². The lowest BCUT2D eigenvalue weighted by Crippen LogP contribution is -2.38. The van der Waals surface area contributed by atoms with Crippen molar-refractivity contribution in [3.63, 3.8) is 0 Å². The molecule has 0 spiro atoms.